The second kappa shape index (κ2) is 3.88. The van der Waals surface area contributed by atoms with Crippen LogP contribution >= 0.6 is 0 Å². The first-order valence-corrected chi connectivity index (χ1v) is 4.97. The van der Waals surface area contributed by atoms with Gasteiger partial charge in [-0.15, -0.1) is 0 Å². The Bertz CT molecular complexity index is 325. The maximum Gasteiger partial charge on any atom is 0.165 e. The predicted molar refractivity (Wildman–Crippen MR) is 54.7 cm³/mol. The normalized spacial score (nSPS) is 19.7. The molecule has 0 amide bonds. The van der Waals surface area contributed by atoms with E-state index >= 15 is 0 Å². The summed E-state index contributed by atoms with van der Waals surface area (Å²) in [5.41, 5.74) is 7.03. The lowest BCUT2D eigenvalue weighted by atomic mass is 10.0. The van der Waals surface area contributed by atoms with E-state index in [1.54, 1.807) is 0 Å². The van der Waals surface area contributed by atoms with E-state index in [-0.39, 0.29) is 6.04 Å². The molecule has 14 heavy (non-hydrogen) atoms. The van der Waals surface area contributed by atoms with E-state index in [1.807, 2.05) is 25.1 Å². The fourth-order valence-corrected chi connectivity index (χ4v) is 1.69. The number of benzene rings is 1. The molecule has 2 N–H and O–H groups in total. The van der Waals surface area contributed by atoms with Gasteiger partial charge in [-0.2, -0.15) is 0 Å². The Hall–Kier alpha value is -1.22. The molecule has 0 saturated heterocycles. The van der Waals surface area contributed by atoms with Crippen LogP contribution in [0, 0.1) is 0 Å². The van der Waals surface area contributed by atoms with Crippen molar-refractivity contribution in [3.05, 3.63) is 23.8 Å². The zero-order valence-corrected chi connectivity index (χ0v) is 8.32. The van der Waals surface area contributed by atoms with Crippen LogP contribution in [-0.4, -0.2) is 13.2 Å². The van der Waals surface area contributed by atoms with Gasteiger partial charge >= 0.3 is 0 Å². The Kier molecular flexibility index (Phi) is 2.59. The third kappa shape index (κ3) is 1.55. The first kappa shape index (κ1) is 9.34. The molecule has 1 aromatic rings. The Balaban J connectivity index is 2.39. The molecule has 0 aromatic heterocycles. The number of para-hydroxylation sites is 1. The van der Waals surface area contributed by atoms with Crippen LogP contribution in [0.3, 0.4) is 0 Å². The molecule has 1 aliphatic rings. The molecule has 76 valence electrons. The van der Waals surface area contributed by atoms with Crippen molar-refractivity contribution in [2.45, 2.75) is 19.4 Å². The van der Waals surface area contributed by atoms with Crippen LogP contribution in [0.1, 0.15) is 24.9 Å². The average Bonchev–Trinajstić information content (AvgIpc) is 2.20. The van der Waals surface area contributed by atoms with Gasteiger partial charge in [0.2, 0.25) is 0 Å². The van der Waals surface area contributed by atoms with Crippen molar-refractivity contribution in [1.29, 1.82) is 0 Å². The van der Waals surface area contributed by atoms with Crippen LogP contribution in [0.2, 0.25) is 0 Å². The van der Waals surface area contributed by atoms with Gasteiger partial charge in [-0.05, 0) is 13.0 Å². The van der Waals surface area contributed by atoms with Crippen LogP contribution < -0.4 is 15.2 Å². The van der Waals surface area contributed by atoms with Crippen molar-refractivity contribution >= 4 is 0 Å². The largest absolute Gasteiger partial charge is 0.490 e. The van der Waals surface area contributed by atoms with Crippen LogP contribution in [0.25, 0.3) is 0 Å². The summed E-state index contributed by atoms with van der Waals surface area (Å²) in [7, 11) is 0. The van der Waals surface area contributed by atoms with E-state index in [0.29, 0.717) is 13.2 Å². The summed E-state index contributed by atoms with van der Waals surface area (Å²) in [6, 6.07) is 5.96. The zero-order valence-electron chi connectivity index (χ0n) is 8.32. The number of hydrogen-bond acceptors (Lipinski definition) is 3. The van der Waals surface area contributed by atoms with Crippen LogP contribution in [0.5, 0.6) is 11.5 Å². The highest BCUT2D eigenvalue weighted by Crippen LogP contribution is 2.38. The standard InChI is InChI=1S/C11H15NO2/c1-2-13-10-5-3-4-8-9(12)6-7-14-11(8)10/h3-5,9H,2,6-7,12H2,1H3/t9-/m1/s1. The molecule has 0 saturated carbocycles. The van der Waals surface area contributed by atoms with Crippen molar-refractivity contribution in [2.75, 3.05) is 13.2 Å². The second-order valence-corrected chi connectivity index (χ2v) is 3.35. The third-order valence-electron chi connectivity index (χ3n) is 2.38. The van der Waals surface area contributed by atoms with Gasteiger partial charge in [0.15, 0.2) is 11.5 Å². The van der Waals surface area contributed by atoms with E-state index in [2.05, 4.69) is 0 Å². The molecule has 1 aliphatic heterocycles. The Morgan fingerprint density at radius 2 is 2.43 bits per heavy atom. The van der Waals surface area contributed by atoms with Crippen molar-refractivity contribution in [3.63, 3.8) is 0 Å². The Morgan fingerprint density at radius 1 is 1.57 bits per heavy atom. The maximum atomic E-state index is 5.98. The second-order valence-electron chi connectivity index (χ2n) is 3.35. The molecule has 0 bridgehead atoms. The van der Waals surface area contributed by atoms with Crippen molar-refractivity contribution in [3.8, 4) is 11.5 Å². The lowest BCUT2D eigenvalue weighted by Gasteiger charge is -2.24. The molecule has 3 heteroatoms. The number of nitrogens with two attached hydrogens (primary N) is 1. The number of hydrogen-bond donors (Lipinski definition) is 1. The highest BCUT2D eigenvalue weighted by atomic mass is 16.5. The molecule has 0 aliphatic carbocycles. The minimum atomic E-state index is 0.0826. The van der Waals surface area contributed by atoms with Gasteiger partial charge in [0.25, 0.3) is 0 Å². The first-order valence-electron chi connectivity index (χ1n) is 4.97. The summed E-state index contributed by atoms with van der Waals surface area (Å²) in [4.78, 5) is 0. The molecule has 3 nitrogen and oxygen atoms in total. The molecule has 1 aromatic carbocycles. The van der Waals surface area contributed by atoms with Crippen molar-refractivity contribution < 1.29 is 9.47 Å². The fourth-order valence-electron chi connectivity index (χ4n) is 1.69. The lowest BCUT2D eigenvalue weighted by molar-refractivity contribution is 0.243. The van der Waals surface area contributed by atoms with Crippen LogP contribution in [0.4, 0.5) is 0 Å². The van der Waals surface area contributed by atoms with Gasteiger partial charge in [0.05, 0.1) is 13.2 Å². The third-order valence-corrected chi connectivity index (χ3v) is 2.38. The summed E-state index contributed by atoms with van der Waals surface area (Å²) in [6.45, 7) is 3.29. The first-order chi connectivity index (χ1) is 6.83. The topological polar surface area (TPSA) is 44.5 Å². The zero-order chi connectivity index (χ0) is 9.97. The van der Waals surface area contributed by atoms with Gasteiger partial charge in [0, 0.05) is 18.0 Å². The number of rotatable bonds is 2. The molecular weight excluding hydrogens is 178 g/mol. The van der Waals surface area contributed by atoms with E-state index in [4.69, 9.17) is 15.2 Å². The molecule has 0 fully saturated rings. The van der Waals surface area contributed by atoms with E-state index in [0.717, 1.165) is 23.5 Å². The molecular formula is C11H15NO2. The highest BCUT2D eigenvalue weighted by molar-refractivity contribution is 5.48. The van der Waals surface area contributed by atoms with Crippen LogP contribution in [-0.2, 0) is 0 Å². The smallest absolute Gasteiger partial charge is 0.165 e. The average molecular weight is 193 g/mol. The van der Waals surface area contributed by atoms with Gasteiger partial charge in [-0.25, -0.2) is 0 Å². The minimum Gasteiger partial charge on any atom is -0.490 e. The highest BCUT2D eigenvalue weighted by Gasteiger charge is 2.20. The number of fused-ring (bicyclic) bond motifs is 1. The molecule has 2 rings (SSSR count). The summed E-state index contributed by atoms with van der Waals surface area (Å²) in [5, 5.41) is 0. The fraction of sp³-hybridized carbons (Fsp3) is 0.455. The maximum absolute atomic E-state index is 5.98. The molecule has 0 unspecified atom stereocenters. The van der Waals surface area contributed by atoms with Gasteiger partial charge in [-0.3, -0.25) is 0 Å². The van der Waals surface area contributed by atoms with Gasteiger partial charge in [-0.1, -0.05) is 12.1 Å². The van der Waals surface area contributed by atoms with E-state index in [1.165, 1.54) is 0 Å². The van der Waals surface area contributed by atoms with Gasteiger partial charge < -0.3 is 15.2 Å². The summed E-state index contributed by atoms with van der Waals surface area (Å²) < 4.78 is 11.0. The van der Waals surface area contributed by atoms with Gasteiger partial charge in [0.1, 0.15) is 0 Å². The SMILES string of the molecule is CCOc1cccc2c1OCC[C@H]2N. The van der Waals surface area contributed by atoms with Crippen molar-refractivity contribution in [1.82, 2.24) is 0 Å². The summed E-state index contributed by atoms with van der Waals surface area (Å²) in [5.74, 6) is 1.63. The minimum absolute atomic E-state index is 0.0826. The Labute approximate surface area is 83.8 Å². The summed E-state index contributed by atoms with van der Waals surface area (Å²) in [6.07, 6.45) is 0.878. The van der Waals surface area contributed by atoms with Crippen molar-refractivity contribution in [2.24, 2.45) is 5.73 Å². The molecule has 0 spiro atoms. The van der Waals surface area contributed by atoms with E-state index in [9.17, 15) is 0 Å². The van der Waals surface area contributed by atoms with Crippen LogP contribution in [0.15, 0.2) is 18.2 Å². The predicted octanol–water partition coefficient (Wildman–Crippen LogP) is 1.87. The summed E-state index contributed by atoms with van der Waals surface area (Å²) >= 11 is 0. The quantitative estimate of drug-likeness (QED) is 0.779. The van der Waals surface area contributed by atoms with E-state index < -0.39 is 0 Å². The molecule has 0 radical (unpaired) electrons. The molecule has 1 atom stereocenters. The lowest BCUT2D eigenvalue weighted by Crippen LogP contribution is -2.20. The molecule has 1 heterocycles. The monoisotopic (exact) mass is 193 g/mol. The number of ether oxygens (including phenoxy) is 2. The Morgan fingerprint density at radius 3 is 3.21 bits per heavy atom.